The molecule has 0 aliphatic heterocycles. The number of hydrogen-bond donors (Lipinski definition) is 3. The largest absolute Gasteiger partial charge is 0.481 e. The van der Waals surface area contributed by atoms with Crippen LogP contribution in [0, 0.1) is 5.82 Å². The van der Waals surface area contributed by atoms with Gasteiger partial charge < -0.3 is 16.2 Å². The van der Waals surface area contributed by atoms with Gasteiger partial charge in [-0.3, -0.25) is 10.1 Å². The number of nitrogens with one attached hydrogen (secondary N) is 1. The molecule has 0 saturated carbocycles. The van der Waals surface area contributed by atoms with Gasteiger partial charge in [0.05, 0.1) is 0 Å². The van der Waals surface area contributed by atoms with Crippen molar-refractivity contribution in [1.29, 1.82) is 0 Å². The van der Waals surface area contributed by atoms with Crippen molar-refractivity contribution in [3.8, 4) is 5.75 Å². The molecule has 102 valence electrons. The van der Waals surface area contributed by atoms with Gasteiger partial charge in [0.2, 0.25) is 0 Å². The number of primary amides is 1. The lowest BCUT2D eigenvalue weighted by Crippen LogP contribution is -2.42. The van der Waals surface area contributed by atoms with Gasteiger partial charge in [-0.1, -0.05) is 12.2 Å². The van der Waals surface area contributed by atoms with E-state index in [2.05, 4.69) is 12.2 Å². The summed E-state index contributed by atoms with van der Waals surface area (Å²) in [7, 11) is 0. The van der Waals surface area contributed by atoms with Gasteiger partial charge in [0.15, 0.2) is 6.10 Å². The summed E-state index contributed by atoms with van der Waals surface area (Å²) in [6, 6.07) is 2.80. The SMILES string of the molecule is CC(Oc1ccc(C(N)=S)c(F)c1)C(=O)NC(N)=O. The number of carbonyl (C=O) groups is 2. The lowest BCUT2D eigenvalue weighted by atomic mass is 10.2. The fourth-order valence-electron chi connectivity index (χ4n) is 1.25. The number of benzene rings is 1. The molecule has 0 aliphatic rings. The minimum atomic E-state index is -1.01. The highest BCUT2D eigenvalue weighted by atomic mass is 32.1. The molecule has 0 aliphatic carbocycles. The van der Waals surface area contributed by atoms with Crippen molar-refractivity contribution < 1.29 is 18.7 Å². The smallest absolute Gasteiger partial charge is 0.318 e. The Balaban J connectivity index is 2.78. The summed E-state index contributed by atoms with van der Waals surface area (Å²) in [6.07, 6.45) is -1.01. The molecule has 19 heavy (non-hydrogen) atoms. The molecule has 1 atom stereocenters. The van der Waals surface area contributed by atoms with E-state index in [4.69, 9.17) is 16.2 Å². The zero-order valence-electron chi connectivity index (χ0n) is 9.98. The Kier molecular flexibility index (Phi) is 4.76. The Hall–Kier alpha value is -2.22. The number of imide groups is 1. The summed E-state index contributed by atoms with van der Waals surface area (Å²) < 4.78 is 18.7. The average molecular weight is 285 g/mol. The van der Waals surface area contributed by atoms with Crippen LogP contribution in [0.1, 0.15) is 12.5 Å². The van der Waals surface area contributed by atoms with E-state index in [1.54, 1.807) is 0 Å². The van der Waals surface area contributed by atoms with Gasteiger partial charge in [-0.25, -0.2) is 9.18 Å². The molecule has 0 fully saturated rings. The van der Waals surface area contributed by atoms with E-state index in [9.17, 15) is 14.0 Å². The third-order valence-electron chi connectivity index (χ3n) is 2.13. The second-order valence-electron chi connectivity index (χ2n) is 3.62. The van der Waals surface area contributed by atoms with E-state index >= 15 is 0 Å². The van der Waals surface area contributed by atoms with Gasteiger partial charge >= 0.3 is 6.03 Å². The molecule has 1 rings (SSSR count). The Morgan fingerprint density at radius 3 is 2.53 bits per heavy atom. The van der Waals surface area contributed by atoms with Crippen LogP contribution in [0.4, 0.5) is 9.18 Å². The first-order valence-electron chi connectivity index (χ1n) is 5.17. The number of urea groups is 1. The summed E-state index contributed by atoms with van der Waals surface area (Å²) >= 11 is 4.65. The van der Waals surface area contributed by atoms with Crippen LogP contribution in [0.5, 0.6) is 5.75 Å². The number of halogens is 1. The van der Waals surface area contributed by atoms with Crippen molar-refractivity contribution in [3.63, 3.8) is 0 Å². The maximum Gasteiger partial charge on any atom is 0.318 e. The minimum Gasteiger partial charge on any atom is -0.481 e. The highest BCUT2D eigenvalue weighted by Crippen LogP contribution is 2.17. The summed E-state index contributed by atoms with van der Waals surface area (Å²) in [6.45, 7) is 1.39. The van der Waals surface area contributed by atoms with Crippen LogP contribution in [0.15, 0.2) is 18.2 Å². The fraction of sp³-hybridized carbons (Fsp3) is 0.182. The highest BCUT2D eigenvalue weighted by molar-refractivity contribution is 7.80. The normalized spacial score (nSPS) is 11.5. The molecule has 6 nitrogen and oxygen atoms in total. The molecule has 1 aromatic carbocycles. The topological polar surface area (TPSA) is 107 Å². The summed E-state index contributed by atoms with van der Waals surface area (Å²) in [5.74, 6) is -1.29. The summed E-state index contributed by atoms with van der Waals surface area (Å²) in [5.41, 5.74) is 10.2. The molecular weight excluding hydrogens is 273 g/mol. The van der Waals surface area contributed by atoms with Crippen molar-refractivity contribution in [2.75, 3.05) is 0 Å². The molecular formula is C11H12FN3O3S. The fourth-order valence-corrected chi connectivity index (χ4v) is 1.42. The van der Waals surface area contributed by atoms with E-state index in [-0.39, 0.29) is 16.3 Å². The first-order valence-corrected chi connectivity index (χ1v) is 5.58. The summed E-state index contributed by atoms with van der Waals surface area (Å²) in [5, 5.41) is 1.85. The number of ether oxygens (including phenoxy) is 1. The molecule has 0 saturated heterocycles. The molecule has 5 N–H and O–H groups in total. The first kappa shape index (κ1) is 14.8. The van der Waals surface area contributed by atoms with Crippen molar-refractivity contribution in [2.45, 2.75) is 13.0 Å². The van der Waals surface area contributed by atoms with Crippen molar-refractivity contribution in [3.05, 3.63) is 29.6 Å². The number of thiocarbonyl (C=S) groups is 1. The average Bonchev–Trinajstić information content (AvgIpc) is 2.27. The van der Waals surface area contributed by atoms with E-state index < -0.39 is 23.9 Å². The van der Waals surface area contributed by atoms with E-state index in [0.29, 0.717) is 0 Å². The number of nitrogens with two attached hydrogens (primary N) is 2. The van der Waals surface area contributed by atoms with E-state index in [0.717, 1.165) is 6.07 Å². The van der Waals surface area contributed by atoms with Crippen molar-refractivity contribution >= 4 is 29.1 Å². The van der Waals surface area contributed by atoms with Gasteiger partial charge in [-0.15, -0.1) is 0 Å². The van der Waals surface area contributed by atoms with Crippen LogP contribution < -0.4 is 21.5 Å². The number of carbonyl (C=O) groups excluding carboxylic acids is 2. The van der Waals surface area contributed by atoms with Crippen LogP contribution in [0.2, 0.25) is 0 Å². The predicted octanol–water partition coefficient (Wildman–Crippen LogP) is 0.422. The molecule has 1 unspecified atom stereocenters. The minimum absolute atomic E-state index is 0.0800. The van der Waals surface area contributed by atoms with E-state index in [1.165, 1.54) is 19.1 Å². The third kappa shape index (κ3) is 4.18. The Bertz CT molecular complexity index is 536. The Morgan fingerprint density at radius 1 is 1.42 bits per heavy atom. The van der Waals surface area contributed by atoms with Crippen LogP contribution in [-0.2, 0) is 4.79 Å². The quantitative estimate of drug-likeness (QED) is 0.695. The highest BCUT2D eigenvalue weighted by Gasteiger charge is 2.17. The first-order chi connectivity index (χ1) is 8.81. The molecule has 3 amide bonds. The number of hydrogen-bond acceptors (Lipinski definition) is 4. The molecule has 0 radical (unpaired) electrons. The van der Waals surface area contributed by atoms with Gasteiger partial charge in [0.1, 0.15) is 16.6 Å². The van der Waals surface area contributed by atoms with Crippen LogP contribution in [-0.4, -0.2) is 23.0 Å². The molecule has 8 heteroatoms. The monoisotopic (exact) mass is 285 g/mol. The van der Waals surface area contributed by atoms with Gasteiger partial charge in [0.25, 0.3) is 5.91 Å². The standard InChI is InChI=1S/C11H12FN3O3S/c1-5(10(16)15-11(14)17)18-6-2-3-7(9(13)19)8(12)4-6/h2-5H,1H3,(H2,13,19)(H3,14,15,16,17). The van der Waals surface area contributed by atoms with E-state index in [1.807, 2.05) is 5.32 Å². The molecule has 0 aromatic heterocycles. The number of rotatable bonds is 4. The molecule has 1 aromatic rings. The van der Waals surface area contributed by atoms with Crippen LogP contribution >= 0.6 is 12.2 Å². The Morgan fingerprint density at radius 2 is 2.05 bits per heavy atom. The van der Waals surface area contributed by atoms with Crippen LogP contribution in [0.25, 0.3) is 0 Å². The molecule has 0 spiro atoms. The predicted molar refractivity (Wildman–Crippen MR) is 70.1 cm³/mol. The van der Waals surface area contributed by atoms with Gasteiger partial charge in [-0.2, -0.15) is 0 Å². The van der Waals surface area contributed by atoms with Crippen molar-refractivity contribution in [2.24, 2.45) is 11.5 Å². The zero-order valence-corrected chi connectivity index (χ0v) is 10.8. The maximum absolute atomic E-state index is 13.5. The number of amides is 3. The van der Waals surface area contributed by atoms with Gasteiger partial charge in [-0.05, 0) is 19.1 Å². The molecule has 0 bridgehead atoms. The van der Waals surface area contributed by atoms with Crippen LogP contribution in [0.3, 0.4) is 0 Å². The second kappa shape index (κ2) is 6.10. The lowest BCUT2D eigenvalue weighted by molar-refractivity contribution is -0.126. The van der Waals surface area contributed by atoms with Gasteiger partial charge in [0, 0.05) is 11.6 Å². The summed E-state index contributed by atoms with van der Waals surface area (Å²) in [4.78, 5) is 21.8. The lowest BCUT2D eigenvalue weighted by Gasteiger charge is -2.14. The Labute approximate surface area is 113 Å². The third-order valence-corrected chi connectivity index (χ3v) is 2.35. The molecule has 0 heterocycles. The maximum atomic E-state index is 13.5. The zero-order chi connectivity index (χ0) is 14.6. The van der Waals surface area contributed by atoms with Crippen molar-refractivity contribution in [1.82, 2.24) is 5.32 Å². The second-order valence-corrected chi connectivity index (χ2v) is 4.06.